The van der Waals surface area contributed by atoms with Gasteiger partial charge in [0.2, 0.25) is 0 Å². The molecule has 4 N–H and O–H groups in total. The summed E-state index contributed by atoms with van der Waals surface area (Å²) in [6, 6.07) is 8.41. The lowest BCUT2D eigenvalue weighted by molar-refractivity contribution is -0.137. The summed E-state index contributed by atoms with van der Waals surface area (Å²) < 4.78 is 38.3. The van der Waals surface area contributed by atoms with Gasteiger partial charge in [-0.2, -0.15) is 18.3 Å². The molecule has 0 spiro atoms. The number of carbonyl (C=O) groups is 3. The number of alkyl halides is 3. The number of hydrogen-bond acceptors (Lipinski definition) is 4. The average molecular weight is 435 g/mol. The number of aromatic carboxylic acids is 2. The van der Waals surface area contributed by atoms with E-state index >= 15 is 0 Å². The van der Waals surface area contributed by atoms with Crippen LogP contribution < -0.4 is 5.73 Å². The normalized spacial score (nSPS) is 10.7. The Kier molecular flexibility index (Phi) is 6.80. The Hall–Kier alpha value is -4.15. The van der Waals surface area contributed by atoms with E-state index < -0.39 is 29.6 Å². The molecule has 0 atom stereocenters. The van der Waals surface area contributed by atoms with E-state index in [0.29, 0.717) is 11.3 Å². The first-order valence-electron chi connectivity index (χ1n) is 8.49. The van der Waals surface area contributed by atoms with E-state index in [4.69, 9.17) is 15.9 Å². The molecule has 31 heavy (non-hydrogen) atoms. The fourth-order valence-electron chi connectivity index (χ4n) is 2.42. The van der Waals surface area contributed by atoms with E-state index in [1.807, 2.05) is 0 Å². The third kappa shape index (κ3) is 6.16. The van der Waals surface area contributed by atoms with Gasteiger partial charge in [0.25, 0.3) is 5.91 Å². The van der Waals surface area contributed by atoms with Crippen LogP contribution in [0.25, 0.3) is 5.69 Å². The van der Waals surface area contributed by atoms with Crippen LogP contribution in [0.5, 0.6) is 0 Å². The molecule has 0 radical (unpaired) electrons. The number of hydrogen-bond donors (Lipinski definition) is 3. The molecule has 0 saturated carbocycles. The van der Waals surface area contributed by atoms with Crippen molar-refractivity contribution < 1.29 is 37.8 Å². The number of halogens is 3. The second-order valence-corrected chi connectivity index (χ2v) is 6.28. The summed E-state index contributed by atoms with van der Waals surface area (Å²) in [6.45, 7) is 1.65. The van der Waals surface area contributed by atoms with Crippen molar-refractivity contribution in [3.05, 3.63) is 82.7 Å². The molecular formula is C20H16F3N3O5. The summed E-state index contributed by atoms with van der Waals surface area (Å²) in [5.41, 5.74) is 5.52. The Balaban J connectivity index is 0.000000233. The van der Waals surface area contributed by atoms with Crippen molar-refractivity contribution in [2.24, 2.45) is 5.73 Å². The van der Waals surface area contributed by atoms with Gasteiger partial charge in [0.15, 0.2) is 0 Å². The third-order valence-corrected chi connectivity index (χ3v) is 3.90. The lowest BCUT2D eigenvalue weighted by atomic mass is 10.1. The zero-order valence-corrected chi connectivity index (χ0v) is 15.9. The molecule has 3 aromatic rings. The minimum atomic E-state index is -4.37. The number of amides is 1. The topological polar surface area (TPSA) is 136 Å². The monoisotopic (exact) mass is 435 g/mol. The zero-order valence-electron chi connectivity index (χ0n) is 15.9. The standard InChI is InChI=1S/C11H8F3N3O.C9H8O4/c12-11(13,14)8-1-3-9(4-2-8)17-6-7(5-16-17)10(15)18;1-5-2-6(8(10)11)4-7(3-5)9(12)13/h1-6H,(H2,15,18);2-4H,1H3,(H,10,11)(H,12,13). The maximum Gasteiger partial charge on any atom is 0.416 e. The maximum atomic E-state index is 12.3. The molecule has 1 aromatic heterocycles. The molecule has 8 nitrogen and oxygen atoms in total. The van der Waals surface area contributed by atoms with E-state index in [9.17, 15) is 27.6 Å². The van der Waals surface area contributed by atoms with E-state index in [2.05, 4.69) is 5.10 Å². The minimum absolute atomic E-state index is 0.00241. The molecule has 162 valence electrons. The van der Waals surface area contributed by atoms with Crippen LogP contribution in [0.1, 0.15) is 42.2 Å². The van der Waals surface area contributed by atoms with Crippen LogP contribution in [-0.2, 0) is 6.18 Å². The predicted molar refractivity (Wildman–Crippen MR) is 102 cm³/mol. The maximum absolute atomic E-state index is 12.3. The second kappa shape index (κ2) is 9.11. The lowest BCUT2D eigenvalue weighted by Crippen LogP contribution is -2.09. The van der Waals surface area contributed by atoms with E-state index in [0.717, 1.165) is 18.2 Å². The quantitative estimate of drug-likeness (QED) is 0.575. The third-order valence-electron chi connectivity index (χ3n) is 3.90. The van der Waals surface area contributed by atoms with Gasteiger partial charge in [-0.3, -0.25) is 4.79 Å². The number of nitrogens with two attached hydrogens (primary N) is 1. The SMILES string of the molecule is Cc1cc(C(=O)O)cc(C(=O)O)c1.NC(=O)c1cnn(-c2ccc(C(F)(F)F)cc2)c1. The summed E-state index contributed by atoms with van der Waals surface area (Å²) in [4.78, 5) is 31.9. The molecule has 0 bridgehead atoms. The first-order chi connectivity index (χ1) is 14.4. The van der Waals surface area contributed by atoms with Crippen LogP contribution in [0.3, 0.4) is 0 Å². The molecule has 0 aliphatic heterocycles. The van der Waals surface area contributed by atoms with Crippen LogP contribution in [0, 0.1) is 6.92 Å². The van der Waals surface area contributed by atoms with Crippen LogP contribution in [0.15, 0.2) is 54.9 Å². The van der Waals surface area contributed by atoms with Gasteiger partial charge in [0, 0.05) is 6.20 Å². The van der Waals surface area contributed by atoms with Crippen LogP contribution in [0.2, 0.25) is 0 Å². The first kappa shape index (κ1) is 23.1. The molecule has 0 aliphatic carbocycles. The molecule has 0 unspecified atom stereocenters. The summed E-state index contributed by atoms with van der Waals surface area (Å²) >= 11 is 0. The van der Waals surface area contributed by atoms with Crippen molar-refractivity contribution in [2.75, 3.05) is 0 Å². The molecule has 0 fully saturated rings. The number of benzene rings is 2. The van der Waals surface area contributed by atoms with Crippen molar-refractivity contribution in [2.45, 2.75) is 13.1 Å². The fourth-order valence-corrected chi connectivity index (χ4v) is 2.42. The van der Waals surface area contributed by atoms with Crippen molar-refractivity contribution in [3.8, 4) is 5.69 Å². The average Bonchev–Trinajstić information content (AvgIpc) is 3.18. The zero-order chi connectivity index (χ0) is 23.3. The molecule has 3 rings (SSSR count). The number of carboxylic acids is 2. The molecule has 1 amide bonds. The van der Waals surface area contributed by atoms with E-state index in [1.165, 1.54) is 41.3 Å². The Labute approximate surface area is 173 Å². The molecule has 2 aromatic carbocycles. The number of carboxylic acid groups (broad SMARTS) is 2. The second-order valence-electron chi connectivity index (χ2n) is 6.28. The number of rotatable bonds is 4. The highest BCUT2D eigenvalue weighted by molar-refractivity contribution is 5.94. The summed E-state index contributed by atoms with van der Waals surface area (Å²) in [6.07, 6.45) is -1.77. The van der Waals surface area contributed by atoms with E-state index in [-0.39, 0.29) is 16.7 Å². The van der Waals surface area contributed by atoms with Gasteiger partial charge in [0.1, 0.15) is 0 Å². The summed E-state index contributed by atoms with van der Waals surface area (Å²) in [5, 5.41) is 21.1. The number of carbonyl (C=O) groups excluding carboxylic acids is 1. The van der Waals surface area contributed by atoms with Gasteiger partial charge in [-0.25, -0.2) is 14.3 Å². The van der Waals surface area contributed by atoms with Crippen molar-refractivity contribution in [1.82, 2.24) is 9.78 Å². The van der Waals surface area contributed by atoms with Gasteiger partial charge in [-0.1, -0.05) is 0 Å². The molecule has 1 heterocycles. The lowest BCUT2D eigenvalue weighted by Gasteiger charge is -2.07. The Morgan fingerprint density at radius 3 is 1.84 bits per heavy atom. The first-order valence-corrected chi connectivity index (χ1v) is 8.49. The van der Waals surface area contributed by atoms with Crippen molar-refractivity contribution >= 4 is 17.8 Å². The summed E-state index contributed by atoms with van der Waals surface area (Å²) in [5.74, 6) is -2.88. The predicted octanol–water partition coefficient (Wildman–Crippen LogP) is 3.38. The minimum Gasteiger partial charge on any atom is -0.478 e. The highest BCUT2D eigenvalue weighted by Gasteiger charge is 2.30. The Morgan fingerprint density at radius 2 is 1.45 bits per heavy atom. The van der Waals surface area contributed by atoms with Crippen LogP contribution in [-0.4, -0.2) is 37.8 Å². The smallest absolute Gasteiger partial charge is 0.416 e. The number of primary amides is 1. The summed E-state index contributed by atoms with van der Waals surface area (Å²) in [7, 11) is 0. The fraction of sp³-hybridized carbons (Fsp3) is 0.100. The molecule has 0 saturated heterocycles. The number of aryl methyl sites for hydroxylation is 1. The molecular weight excluding hydrogens is 419 g/mol. The Bertz CT molecular complexity index is 1090. The largest absolute Gasteiger partial charge is 0.478 e. The highest BCUT2D eigenvalue weighted by atomic mass is 19.4. The number of aromatic nitrogens is 2. The van der Waals surface area contributed by atoms with Crippen molar-refractivity contribution in [1.29, 1.82) is 0 Å². The van der Waals surface area contributed by atoms with Gasteiger partial charge in [-0.05, 0) is 55.0 Å². The van der Waals surface area contributed by atoms with E-state index in [1.54, 1.807) is 6.92 Å². The van der Waals surface area contributed by atoms with Crippen LogP contribution >= 0.6 is 0 Å². The highest BCUT2D eigenvalue weighted by Crippen LogP contribution is 2.29. The molecule has 0 aliphatic rings. The Morgan fingerprint density at radius 1 is 0.935 bits per heavy atom. The van der Waals surface area contributed by atoms with Gasteiger partial charge < -0.3 is 15.9 Å². The van der Waals surface area contributed by atoms with Gasteiger partial charge >= 0.3 is 18.1 Å². The molecule has 11 heteroatoms. The number of nitrogens with zero attached hydrogens (tertiary/aromatic N) is 2. The van der Waals surface area contributed by atoms with Crippen LogP contribution in [0.4, 0.5) is 13.2 Å². The van der Waals surface area contributed by atoms with Crippen molar-refractivity contribution in [3.63, 3.8) is 0 Å². The van der Waals surface area contributed by atoms with Gasteiger partial charge in [0.05, 0.1) is 34.1 Å². The van der Waals surface area contributed by atoms with Gasteiger partial charge in [-0.15, -0.1) is 0 Å².